The summed E-state index contributed by atoms with van der Waals surface area (Å²) in [6.07, 6.45) is 1.58. The Kier molecular flexibility index (Phi) is 9.67. The Morgan fingerprint density at radius 3 is 2.56 bits per heavy atom. The molecule has 12 nitrogen and oxygen atoms in total. The van der Waals surface area contributed by atoms with Gasteiger partial charge in [0, 0.05) is 30.5 Å². The summed E-state index contributed by atoms with van der Waals surface area (Å²) < 4.78 is 50.1. The number of nitrogens with zero attached hydrogens (tertiary/aromatic N) is 3. The molecule has 0 radical (unpaired) electrons. The van der Waals surface area contributed by atoms with Crippen LogP contribution in [0.3, 0.4) is 0 Å². The minimum Gasteiger partial charge on any atom is -0.486 e. The molecule has 1 saturated heterocycles. The van der Waals surface area contributed by atoms with Crippen LogP contribution in [0, 0.1) is 5.82 Å². The second-order valence-corrected chi connectivity index (χ2v) is 10.2. The molecule has 2 heterocycles. The van der Waals surface area contributed by atoms with Gasteiger partial charge in [0.05, 0.1) is 42.7 Å². The van der Waals surface area contributed by atoms with Crippen molar-refractivity contribution in [1.29, 1.82) is 0 Å². The standard InChI is InChI=1S/C24H27ClFN4O8P/c1-4-34-37-39(32,38-35-5-2)30(15(3)31)22-11-18-21(12-23(22)36-17-8-9-33-13-17)27-14-28-24(18)29-16-6-7-20(26)19(25)10-16/h6-7,10-12,14,17H,4-5,8-9,13H2,1-3H3,(H,27,28,29)/t17-/m0/s1. The van der Waals surface area contributed by atoms with Crippen molar-refractivity contribution in [3.05, 3.63) is 47.5 Å². The van der Waals surface area contributed by atoms with Crippen molar-refractivity contribution in [3.63, 3.8) is 0 Å². The largest absolute Gasteiger partial charge is 0.496 e. The molecule has 1 aliphatic heterocycles. The minimum atomic E-state index is -4.58. The summed E-state index contributed by atoms with van der Waals surface area (Å²) in [4.78, 5) is 31.5. The quantitative estimate of drug-likeness (QED) is 0.159. The van der Waals surface area contributed by atoms with E-state index in [0.717, 1.165) is 4.67 Å². The van der Waals surface area contributed by atoms with Gasteiger partial charge in [-0.15, -0.1) is 9.35 Å². The normalized spacial score (nSPS) is 15.5. The summed E-state index contributed by atoms with van der Waals surface area (Å²) >= 11 is 5.93. The molecule has 1 aliphatic rings. The zero-order chi connectivity index (χ0) is 28.0. The van der Waals surface area contributed by atoms with Gasteiger partial charge in [-0.1, -0.05) is 11.6 Å². The number of rotatable bonds is 12. The molecule has 0 bridgehead atoms. The fraction of sp³-hybridized carbons (Fsp3) is 0.375. The summed E-state index contributed by atoms with van der Waals surface area (Å²) in [7, 11) is -4.58. The van der Waals surface area contributed by atoms with Crippen LogP contribution < -0.4 is 14.7 Å². The SMILES string of the molecule is CCOOP(=O)(OOCC)N(C(C)=O)c1cc2c(Nc3ccc(F)c(Cl)c3)ncnc2cc1O[C@H]1CCOC1. The van der Waals surface area contributed by atoms with Crippen molar-refractivity contribution >= 4 is 53.4 Å². The van der Waals surface area contributed by atoms with E-state index in [0.29, 0.717) is 36.2 Å². The molecule has 1 amide bonds. The van der Waals surface area contributed by atoms with Crippen molar-refractivity contribution in [3.8, 4) is 5.75 Å². The fourth-order valence-corrected chi connectivity index (χ4v) is 5.30. The number of nitrogens with one attached hydrogen (secondary N) is 1. The maximum atomic E-state index is 13.9. The third-order valence-corrected chi connectivity index (χ3v) is 7.25. The molecule has 0 spiro atoms. The van der Waals surface area contributed by atoms with Crippen molar-refractivity contribution in [2.45, 2.75) is 33.3 Å². The van der Waals surface area contributed by atoms with Gasteiger partial charge < -0.3 is 14.8 Å². The second-order valence-electron chi connectivity index (χ2n) is 8.18. The van der Waals surface area contributed by atoms with Gasteiger partial charge >= 0.3 is 7.75 Å². The molecule has 0 saturated carbocycles. The maximum Gasteiger partial charge on any atom is 0.496 e. The molecule has 0 aliphatic carbocycles. The lowest BCUT2D eigenvalue weighted by Gasteiger charge is -2.29. The number of amides is 1. The molecule has 15 heteroatoms. The topological polar surface area (TPSA) is 131 Å². The minimum absolute atomic E-state index is 0.00779. The summed E-state index contributed by atoms with van der Waals surface area (Å²) in [6, 6.07) is 7.14. The average Bonchev–Trinajstić information content (AvgIpc) is 3.42. The Labute approximate surface area is 228 Å². The number of ether oxygens (including phenoxy) is 2. The lowest BCUT2D eigenvalue weighted by Crippen LogP contribution is -2.29. The van der Waals surface area contributed by atoms with Crippen LogP contribution in [0.1, 0.15) is 27.2 Å². The van der Waals surface area contributed by atoms with E-state index < -0.39 is 19.5 Å². The lowest BCUT2D eigenvalue weighted by atomic mass is 10.1. The molecular formula is C24H27ClFN4O8P. The van der Waals surface area contributed by atoms with E-state index in [1.54, 1.807) is 19.9 Å². The molecule has 1 fully saturated rings. The fourth-order valence-electron chi connectivity index (χ4n) is 3.72. The molecule has 39 heavy (non-hydrogen) atoms. The predicted octanol–water partition coefficient (Wildman–Crippen LogP) is 5.73. The maximum absolute atomic E-state index is 13.9. The van der Waals surface area contributed by atoms with Crippen LogP contribution in [0.4, 0.5) is 21.6 Å². The van der Waals surface area contributed by atoms with Crippen molar-refractivity contribution in [2.24, 2.45) is 0 Å². The molecule has 2 aromatic carbocycles. The van der Waals surface area contributed by atoms with Gasteiger partial charge in [-0.25, -0.2) is 33.4 Å². The number of hydrogen-bond acceptors (Lipinski definition) is 11. The zero-order valence-electron chi connectivity index (χ0n) is 21.4. The van der Waals surface area contributed by atoms with Crippen LogP contribution in [0.15, 0.2) is 36.7 Å². The number of anilines is 3. The van der Waals surface area contributed by atoms with E-state index in [4.69, 9.17) is 40.2 Å². The van der Waals surface area contributed by atoms with Gasteiger partial charge in [0.15, 0.2) is 0 Å². The van der Waals surface area contributed by atoms with Gasteiger partial charge in [0.2, 0.25) is 5.91 Å². The highest BCUT2D eigenvalue weighted by Gasteiger charge is 2.43. The molecule has 0 unspecified atom stereocenters. The molecule has 210 valence electrons. The Balaban J connectivity index is 1.87. The number of fused-ring (bicyclic) bond motifs is 1. The Morgan fingerprint density at radius 2 is 1.95 bits per heavy atom. The van der Waals surface area contributed by atoms with Crippen molar-refractivity contribution in [2.75, 3.05) is 36.4 Å². The van der Waals surface area contributed by atoms with E-state index in [1.807, 2.05) is 0 Å². The first-order valence-electron chi connectivity index (χ1n) is 12.0. The smallest absolute Gasteiger partial charge is 0.486 e. The number of aromatic nitrogens is 2. The molecule has 3 aromatic rings. The van der Waals surface area contributed by atoms with Crippen molar-refractivity contribution in [1.82, 2.24) is 9.97 Å². The van der Waals surface area contributed by atoms with Gasteiger partial charge in [-0.3, -0.25) is 4.79 Å². The van der Waals surface area contributed by atoms with Gasteiger partial charge in [-0.2, -0.15) is 0 Å². The van der Waals surface area contributed by atoms with E-state index in [9.17, 15) is 13.8 Å². The van der Waals surface area contributed by atoms with Crippen molar-refractivity contribution < 1.29 is 42.3 Å². The molecule has 1 N–H and O–H groups in total. The predicted molar refractivity (Wildman–Crippen MR) is 140 cm³/mol. The van der Waals surface area contributed by atoms with Crippen LogP contribution in [0.25, 0.3) is 10.9 Å². The number of carbonyl (C=O) groups excluding carboxylic acids is 1. The second kappa shape index (κ2) is 13.0. The summed E-state index contributed by atoms with van der Waals surface area (Å²) in [5.41, 5.74) is 0.882. The summed E-state index contributed by atoms with van der Waals surface area (Å²) in [5.74, 6) is -0.856. The third-order valence-electron chi connectivity index (χ3n) is 5.38. The molecule has 1 aromatic heterocycles. The summed E-state index contributed by atoms with van der Waals surface area (Å²) in [6.45, 7) is 5.21. The van der Waals surface area contributed by atoms with Gasteiger partial charge in [-0.05, 0) is 38.1 Å². The number of halogens is 2. The van der Waals surface area contributed by atoms with E-state index >= 15 is 0 Å². The third kappa shape index (κ3) is 6.82. The Bertz CT molecular complexity index is 1370. The highest BCUT2D eigenvalue weighted by Crippen LogP contribution is 2.57. The first kappa shape index (κ1) is 29.1. The average molecular weight is 585 g/mol. The molecule has 1 atom stereocenters. The van der Waals surface area contributed by atoms with E-state index in [2.05, 4.69) is 15.3 Å². The van der Waals surface area contributed by atoms with E-state index in [-0.39, 0.29) is 41.6 Å². The number of hydrogen-bond donors (Lipinski definition) is 1. The zero-order valence-corrected chi connectivity index (χ0v) is 23.0. The van der Waals surface area contributed by atoms with Crippen LogP contribution in [-0.4, -0.2) is 48.4 Å². The lowest BCUT2D eigenvalue weighted by molar-refractivity contribution is -0.263. The summed E-state index contributed by atoms with van der Waals surface area (Å²) in [5, 5.41) is 3.37. The monoisotopic (exact) mass is 584 g/mol. The first-order chi connectivity index (χ1) is 18.8. The van der Waals surface area contributed by atoms with Crippen LogP contribution >= 0.6 is 19.3 Å². The first-order valence-corrected chi connectivity index (χ1v) is 13.9. The highest BCUT2D eigenvalue weighted by atomic mass is 35.5. The molecular weight excluding hydrogens is 558 g/mol. The van der Waals surface area contributed by atoms with Crippen LogP contribution in [-0.2, 0) is 33.2 Å². The Hall–Kier alpha value is -2.90. The van der Waals surface area contributed by atoms with Crippen LogP contribution in [0.2, 0.25) is 5.02 Å². The van der Waals surface area contributed by atoms with Gasteiger partial charge in [0.25, 0.3) is 0 Å². The molecule has 4 rings (SSSR count). The van der Waals surface area contributed by atoms with E-state index in [1.165, 1.54) is 37.5 Å². The number of carbonyl (C=O) groups is 1. The Morgan fingerprint density at radius 1 is 1.21 bits per heavy atom. The highest BCUT2D eigenvalue weighted by molar-refractivity contribution is 7.56. The van der Waals surface area contributed by atoms with Crippen LogP contribution in [0.5, 0.6) is 5.75 Å². The van der Waals surface area contributed by atoms with Gasteiger partial charge in [0.1, 0.15) is 29.8 Å². The number of benzene rings is 2.